The van der Waals surface area contributed by atoms with Gasteiger partial charge in [0.1, 0.15) is 6.20 Å². The summed E-state index contributed by atoms with van der Waals surface area (Å²) >= 11 is 0. The molecule has 0 unspecified atom stereocenters. The van der Waals surface area contributed by atoms with Crippen molar-refractivity contribution in [1.82, 2.24) is 4.98 Å². The summed E-state index contributed by atoms with van der Waals surface area (Å²) in [5.74, 6) is 0. The van der Waals surface area contributed by atoms with Crippen molar-refractivity contribution in [3.05, 3.63) is 28.1 Å². The van der Waals surface area contributed by atoms with Gasteiger partial charge in [-0.1, -0.05) is 0 Å². The summed E-state index contributed by atoms with van der Waals surface area (Å²) in [6, 6.07) is 0.621. The van der Waals surface area contributed by atoms with Crippen LogP contribution in [0.4, 0.5) is 24.5 Å². The molecule has 0 spiro atoms. The van der Waals surface area contributed by atoms with Gasteiger partial charge in [-0.3, -0.25) is 10.1 Å². The normalized spacial score (nSPS) is 11.4. The second-order valence-corrected chi connectivity index (χ2v) is 2.39. The van der Waals surface area contributed by atoms with Gasteiger partial charge in [-0.15, -0.1) is 0 Å². The van der Waals surface area contributed by atoms with Crippen LogP contribution in [-0.4, -0.2) is 9.91 Å². The van der Waals surface area contributed by atoms with Crippen LogP contribution in [0.5, 0.6) is 0 Å². The monoisotopic (exact) mass is 207 g/mol. The van der Waals surface area contributed by atoms with Gasteiger partial charge in [0.25, 0.3) is 5.69 Å². The molecule has 0 saturated heterocycles. The molecule has 1 aromatic rings. The standard InChI is InChI=1S/C6H4F3N3O2/c7-6(8,9)5-4(10)1-3(2-11-5)12(13)14/h1-2H,10H2. The van der Waals surface area contributed by atoms with Gasteiger partial charge in [-0.2, -0.15) is 13.2 Å². The average Bonchev–Trinajstić information content (AvgIpc) is 2.01. The van der Waals surface area contributed by atoms with Crippen LogP contribution in [0, 0.1) is 10.1 Å². The molecule has 0 atom stereocenters. The van der Waals surface area contributed by atoms with Crippen molar-refractivity contribution in [2.75, 3.05) is 5.73 Å². The van der Waals surface area contributed by atoms with E-state index in [2.05, 4.69) is 4.98 Å². The topological polar surface area (TPSA) is 82.0 Å². The highest BCUT2D eigenvalue weighted by Crippen LogP contribution is 2.32. The second kappa shape index (κ2) is 3.13. The number of halogens is 3. The summed E-state index contributed by atoms with van der Waals surface area (Å²) in [4.78, 5) is 12.2. The molecule has 2 N–H and O–H groups in total. The fraction of sp³-hybridized carbons (Fsp3) is 0.167. The van der Waals surface area contributed by atoms with Crippen molar-refractivity contribution in [1.29, 1.82) is 0 Å². The zero-order valence-corrected chi connectivity index (χ0v) is 6.58. The van der Waals surface area contributed by atoms with E-state index in [4.69, 9.17) is 5.73 Å². The molecular formula is C6H4F3N3O2. The van der Waals surface area contributed by atoms with Crippen LogP contribution in [0.15, 0.2) is 12.3 Å². The number of hydrogen-bond acceptors (Lipinski definition) is 4. The maximum atomic E-state index is 12.1. The molecule has 0 aliphatic heterocycles. The molecule has 8 heteroatoms. The number of nitrogens with zero attached hydrogens (tertiary/aromatic N) is 2. The third kappa shape index (κ3) is 1.90. The molecule has 0 aliphatic rings. The number of hydrogen-bond donors (Lipinski definition) is 1. The first-order valence-electron chi connectivity index (χ1n) is 3.29. The lowest BCUT2D eigenvalue weighted by atomic mass is 10.3. The highest BCUT2D eigenvalue weighted by Gasteiger charge is 2.35. The summed E-state index contributed by atoms with van der Waals surface area (Å²) in [7, 11) is 0. The lowest BCUT2D eigenvalue weighted by molar-refractivity contribution is -0.385. The number of anilines is 1. The molecule has 0 bridgehead atoms. The number of alkyl halides is 3. The highest BCUT2D eigenvalue weighted by atomic mass is 19.4. The Morgan fingerprint density at radius 1 is 1.50 bits per heavy atom. The van der Waals surface area contributed by atoms with Crippen LogP contribution in [0.1, 0.15) is 5.69 Å². The number of nitrogens with two attached hydrogens (primary N) is 1. The minimum Gasteiger partial charge on any atom is -0.397 e. The van der Waals surface area contributed by atoms with Gasteiger partial charge in [-0.25, -0.2) is 4.98 Å². The molecule has 1 heterocycles. The van der Waals surface area contributed by atoms with Gasteiger partial charge >= 0.3 is 6.18 Å². The molecule has 0 aromatic carbocycles. The maximum absolute atomic E-state index is 12.1. The molecular weight excluding hydrogens is 203 g/mol. The summed E-state index contributed by atoms with van der Waals surface area (Å²) < 4.78 is 36.2. The SMILES string of the molecule is Nc1cc([N+](=O)[O-])cnc1C(F)(F)F. The van der Waals surface area contributed by atoms with Crippen LogP contribution in [0.25, 0.3) is 0 Å². The van der Waals surface area contributed by atoms with Crippen LogP contribution in [0.3, 0.4) is 0 Å². The smallest absolute Gasteiger partial charge is 0.397 e. The molecule has 0 fully saturated rings. The van der Waals surface area contributed by atoms with E-state index >= 15 is 0 Å². The minimum atomic E-state index is -4.70. The predicted molar refractivity (Wildman–Crippen MR) is 40.3 cm³/mol. The van der Waals surface area contributed by atoms with E-state index in [-0.39, 0.29) is 0 Å². The lowest BCUT2D eigenvalue weighted by Crippen LogP contribution is -2.11. The summed E-state index contributed by atoms with van der Waals surface area (Å²) in [5, 5.41) is 10.1. The molecule has 5 nitrogen and oxygen atoms in total. The molecule has 1 rings (SSSR count). The van der Waals surface area contributed by atoms with Crippen molar-refractivity contribution < 1.29 is 18.1 Å². The zero-order valence-electron chi connectivity index (χ0n) is 6.58. The Hall–Kier alpha value is -1.86. The van der Waals surface area contributed by atoms with E-state index in [1.54, 1.807) is 0 Å². The third-order valence-corrected chi connectivity index (χ3v) is 1.38. The Labute approximate surface area is 75.5 Å². The molecule has 0 amide bonds. The van der Waals surface area contributed by atoms with Gasteiger partial charge in [-0.05, 0) is 0 Å². The molecule has 0 saturated carbocycles. The number of nitrogen functional groups attached to an aromatic ring is 1. The Morgan fingerprint density at radius 3 is 2.43 bits per heavy atom. The number of nitro groups is 1. The van der Waals surface area contributed by atoms with Crippen LogP contribution >= 0.6 is 0 Å². The van der Waals surface area contributed by atoms with Gasteiger partial charge < -0.3 is 5.73 Å². The Balaban J connectivity index is 3.21. The largest absolute Gasteiger partial charge is 0.435 e. The van der Waals surface area contributed by atoms with Crippen molar-refractivity contribution in [3.63, 3.8) is 0 Å². The summed E-state index contributed by atoms with van der Waals surface area (Å²) in [5.41, 5.74) is 2.31. The fourth-order valence-electron chi connectivity index (χ4n) is 0.807. The first-order chi connectivity index (χ1) is 6.32. The van der Waals surface area contributed by atoms with Crippen LogP contribution in [-0.2, 0) is 6.18 Å². The zero-order chi connectivity index (χ0) is 10.9. The Morgan fingerprint density at radius 2 is 2.07 bits per heavy atom. The predicted octanol–water partition coefficient (Wildman–Crippen LogP) is 1.59. The average molecular weight is 207 g/mol. The van der Waals surface area contributed by atoms with E-state index in [0.717, 1.165) is 0 Å². The summed E-state index contributed by atoms with van der Waals surface area (Å²) in [6.45, 7) is 0. The van der Waals surface area contributed by atoms with Crippen LogP contribution in [0.2, 0.25) is 0 Å². The van der Waals surface area contributed by atoms with Crippen molar-refractivity contribution >= 4 is 11.4 Å². The molecule has 0 aliphatic carbocycles. The molecule has 0 radical (unpaired) electrons. The molecule has 1 aromatic heterocycles. The van der Waals surface area contributed by atoms with E-state index in [1.807, 2.05) is 0 Å². The van der Waals surface area contributed by atoms with E-state index < -0.39 is 28.2 Å². The fourth-order valence-corrected chi connectivity index (χ4v) is 0.807. The number of pyridine rings is 1. The van der Waals surface area contributed by atoms with Gasteiger partial charge in [0, 0.05) is 6.07 Å². The summed E-state index contributed by atoms with van der Waals surface area (Å²) in [6.07, 6.45) is -4.18. The van der Waals surface area contributed by atoms with E-state index in [9.17, 15) is 23.3 Å². The Kier molecular flexibility index (Phi) is 2.28. The van der Waals surface area contributed by atoms with Gasteiger partial charge in [0.2, 0.25) is 0 Å². The van der Waals surface area contributed by atoms with Gasteiger partial charge in [0.15, 0.2) is 5.69 Å². The van der Waals surface area contributed by atoms with Crippen molar-refractivity contribution in [2.45, 2.75) is 6.18 Å². The molecule has 76 valence electrons. The third-order valence-electron chi connectivity index (χ3n) is 1.38. The Bertz CT molecular complexity index is 377. The highest BCUT2D eigenvalue weighted by molar-refractivity contribution is 5.50. The van der Waals surface area contributed by atoms with Crippen molar-refractivity contribution in [2.24, 2.45) is 0 Å². The second-order valence-electron chi connectivity index (χ2n) is 2.39. The quantitative estimate of drug-likeness (QED) is 0.559. The van der Waals surface area contributed by atoms with Gasteiger partial charge in [0.05, 0.1) is 10.6 Å². The molecule has 14 heavy (non-hydrogen) atoms. The first kappa shape index (κ1) is 10.2. The van der Waals surface area contributed by atoms with E-state index in [1.165, 1.54) is 0 Å². The van der Waals surface area contributed by atoms with Crippen LogP contribution < -0.4 is 5.73 Å². The first-order valence-corrected chi connectivity index (χ1v) is 3.29. The van der Waals surface area contributed by atoms with Crippen molar-refractivity contribution in [3.8, 4) is 0 Å². The minimum absolute atomic E-state index is 0.513. The van der Waals surface area contributed by atoms with E-state index in [0.29, 0.717) is 12.3 Å². The maximum Gasteiger partial charge on any atom is 0.435 e. The number of rotatable bonds is 1. The number of aromatic nitrogens is 1. The lowest BCUT2D eigenvalue weighted by Gasteiger charge is -2.07.